The van der Waals surface area contributed by atoms with E-state index in [4.69, 9.17) is 14.5 Å². The van der Waals surface area contributed by atoms with Crippen molar-refractivity contribution >= 4 is 23.3 Å². The highest BCUT2D eigenvalue weighted by Crippen LogP contribution is 2.45. The number of aliphatic hydroxyl groups is 1. The first-order chi connectivity index (χ1) is 16.3. The normalized spacial score (nSPS) is 19.5. The van der Waals surface area contributed by atoms with E-state index in [1.54, 1.807) is 11.5 Å². The topological polar surface area (TPSA) is 125 Å². The fourth-order valence-corrected chi connectivity index (χ4v) is 5.55. The second-order valence-electron chi connectivity index (χ2n) is 8.82. The van der Waals surface area contributed by atoms with E-state index in [-0.39, 0.29) is 30.4 Å². The molecule has 0 radical (unpaired) electrons. The molecule has 3 aliphatic rings. The lowest BCUT2D eigenvalue weighted by molar-refractivity contribution is -0.148. The SMILES string of the molecule is CCC1C(=O)OCc2c1cc1n(c2=O)Cc2c-1nc1cc(F)c(C)c3c1c2C(O)CC3.NC=O. The third-order valence-corrected chi connectivity index (χ3v) is 7.17. The van der Waals surface area contributed by atoms with Gasteiger partial charge in [-0.25, -0.2) is 9.37 Å². The van der Waals surface area contributed by atoms with Crippen molar-refractivity contribution in [3.63, 3.8) is 0 Å². The first-order valence-electron chi connectivity index (χ1n) is 11.2. The van der Waals surface area contributed by atoms with E-state index in [0.29, 0.717) is 59.4 Å². The van der Waals surface area contributed by atoms with Crippen LogP contribution < -0.4 is 11.3 Å². The number of hydrogen-bond donors (Lipinski definition) is 2. The molecular formula is C25H24FN3O5. The van der Waals surface area contributed by atoms with Gasteiger partial charge in [-0.15, -0.1) is 0 Å². The first-order valence-corrected chi connectivity index (χ1v) is 11.2. The highest BCUT2D eigenvalue weighted by Gasteiger charge is 2.36. The van der Waals surface area contributed by atoms with Gasteiger partial charge in [-0.3, -0.25) is 14.4 Å². The molecule has 0 fully saturated rings. The number of esters is 1. The molecule has 0 saturated heterocycles. The van der Waals surface area contributed by atoms with Gasteiger partial charge in [0.2, 0.25) is 6.41 Å². The van der Waals surface area contributed by atoms with Gasteiger partial charge in [0.1, 0.15) is 12.4 Å². The molecule has 2 unspecified atom stereocenters. The molecule has 6 rings (SSSR count). The number of fused-ring (bicyclic) bond motifs is 5. The maximum atomic E-state index is 14.6. The minimum atomic E-state index is -0.690. The second-order valence-corrected chi connectivity index (χ2v) is 8.82. The van der Waals surface area contributed by atoms with E-state index in [1.165, 1.54) is 6.07 Å². The minimum absolute atomic E-state index is 0.0282. The van der Waals surface area contributed by atoms with Crippen LogP contribution in [-0.4, -0.2) is 27.0 Å². The van der Waals surface area contributed by atoms with Crippen molar-refractivity contribution in [2.75, 3.05) is 0 Å². The molecule has 2 atom stereocenters. The highest BCUT2D eigenvalue weighted by molar-refractivity contribution is 5.93. The van der Waals surface area contributed by atoms with Crippen LogP contribution in [0.1, 0.15) is 65.2 Å². The van der Waals surface area contributed by atoms with Gasteiger partial charge < -0.3 is 20.1 Å². The number of cyclic esters (lactones) is 1. The summed E-state index contributed by atoms with van der Waals surface area (Å²) in [4.78, 5) is 38.9. The highest BCUT2D eigenvalue weighted by atomic mass is 19.1. The lowest BCUT2D eigenvalue weighted by atomic mass is 9.83. The summed E-state index contributed by atoms with van der Waals surface area (Å²) < 4.78 is 21.5. The summed E-state index contributed by atoms with van der Waals surface area (Å²) >= 11 is 0. The maximum Gasteiger partial charge on any atom is 0.313 e. The van der Waals surface area contributed by atoms with E-state index < -0.39 is 12.0 Å². The van der Waals surface area contributed by atoms with Crippen molar-refractivity contribution in [3.8, 4) is 11.4 Å². The fraction of sp³-hybridized carbons (Fsp3) is 0.360. The summed E-state index contributed by atoms with van der Waals surface area (Å²) in [6.07, 6.45) is 1.19. The van der Waals surface area contributed by atoms with Crippen LogP contribution in [0.15, 0.2) is 16.9 Å². The van der Waals surface area contributed by atoms with Gasteiger partial charge in [-0.05, 0) is 54.5 Å². The predicted octanol–water partition coefficient (Wildman–Crippen LogP) is 2.50. The van der Waals surface area contributed by atoms with Crippen LogP contribution in [0.4, 0.5) is 4.39 Å². The average molecular weight is 465 g/mol. The number of aromatic nitrogens is 2. The number of pyridine rings is 2. The molecule has 176 valence electrons. The molecule has 2 aliphatic heterocycles. The maximum absolute atomic E-state index is 14.6. The van der Waals surface area contributed by atoms with Gasteiger partial charge in [0.15, 0.2) is 0 Å². The van der Waals surface area contributed by atoms with Gasteiger partial charge in [-0.1, -0.05) is 6.92 Å². The average Bonchev–Trinajstić information content (AvgIpc) is 3.17. The molecule has 8 nitrogen and oxygen atoms in total. The summed E-state index contributed by atoms with van der Waals surface area (Å²) in [5.41, 5.74) is 9.91. The molecular weight excluding hydrogens is 441 g/mol. The molecule has 4 heterocycles. The predicted molar refractivity (Wildman–Crippen MR) is 122 cm³/mol. The van der Waals surface area contributed by atoms with Crippen molar-refractivity contribution in [1.82, 2.24) is 9.55 Å². The van der Waals surface area contributed by atoms with Crippen LogP contribution >= 0.6 is 0 Å². The van der Waals surface area contributed by atoms with Crippen LogP contribution in [-0.2, 0) is 33.9 Å². The Morgan fingerprint density at radius 3 is 2.74 bits per heavy atom. The number of primary amides is 1. The van der Waals surface area contributed by atoms with Crippen LogP contribution in [0.25, 0.3) is 22.3 Å². The van der Waals surface area contributed by atoms with Crippen molar-refractivity contribution in [2.24, 2.45) is 5.73 Å². The third kappa shape index (κ3) is 3.00. The van der Waals surface area contributed by atoms with Crippen molar-refractivity contribution < 1.29 is 23.8 Å². The number of nitrogens with zero attached hydrogens (tertiary/aromatic N) is 2. The zero-order chi connectivity index (χ0) is 24.3. The van der Waals surface area contributed by atoms with E-state index in [1.807, 2.05) is 13.0 Å². The Bertz CT molecular complexity index is 1450. The smallest absolute Gasteiger partial charge is 0.313 e. The Kier molecular flexibility index (Phi) is 5.24. The van der Waals surface area contributed by atoms with Gasteiger partial charge in [-0.2, -0.15) is 0 Å². The minimum Gasteiger partial charge on any atom is -0.460 e. The van der Waals surface area contributed by atoms with E-state index in [2.05, 4.69) is 5.73 Å². The number of aryl methyl sites for hydroxylation is 1. The summed E-state index contributed by atoms with van der Waals surface area (Å²) in [6.45, 7) is 3.92. The van der Waals surface area contributed by atoms with Crippen LogP contribution in [0.2, 0.25) is 0 Å². The largest absolute Gasteiger partial charge is 0.460 e. The molecule has 34 heavy (non-hydrogen) atoms. The first kappa shape index (κ1) is 22.2. The summed E-state index contributed by atoms with van der Waals surface area (Å²) in [6, 6.07) is 3.28. The molecule has 1 amide bonds. The summed E-state index contributed by atoms with van der Waals surface area (Å²) in [5.74, 6) is -1.12. The number of aliphatic hydroxyl groups excluding tert-OH is 1. The summed E-state index contributed by atoms with van der Waals surface area (Å²) in [7, 11) is 0. The molecule has 0 spiro atoms. The van der Waals surface area contributed by atoms with Gasteiger partial charge in [0, 0.05) is 17.0 Å². The number of carbonyl (C=O) groups excluding carboxylic acids is 2. The van der Waals surface area contributed by atoms with Crippen molar-refractivity contribution in [2.45, 2.75) is 58.3 Å². The lowest BCUT2D eigenvalue weighted by Crippen LogP contribution is -2.32. The van der Waals surface area contributed by atoms with E-state index >= 15 is 0 Å². The Morgan fingerprint density at radius 2 is 2.03 bits per heavy atom. The van der Waals surface area contributed by atoms with Crippen molar-refractivity contribution in [3.05, 3.63) is 61.7 Å². The number of benzene rings is 1. The monoisotopic (exact) mass is 465 g/mol. The quantitative estimate of drug-likeness (QED) is 0.329. The molecule has 3 aromatic rings. The number of halogens is 1. The molecule has 2 aromatic heterocycles. The Hall–Kier alpha value is -3.59. The molecule has 0 bridgehead atoms. The van der Waals surface area contributed by atoms with E-state index in [0.717, 1.165) is 22.1 Å². The number of ether oxygens (including phenoxy) is 1. The standard InChI is InChI=1S/C24H21FN2O4.CH3NO/c1-3-11-13-6-18-22-14(8-27(18)23(29)15(13)9-31-24(11)30)21-19(28)5-4-12-10(2)16(25)7-17(26-22)20(12)21;2-1-3/h6-7,11,19,28H,3-5,8-9H2,1-2H3;1H,(H2,2,3). The molecule has 1 aliphatic carbocycles. The van der Waals surface area contributed by atoms with Crippen LogP contribution in [0, 0.1) is 12.7 Å². The number of nitrogens with two attached hydrogens (primary N) is 1. The Labute approximate surface area is 194 Å². The molecule has 0 saturated carbocycles. The lowest BCUT2D eigenvalue weighted by Gasteiger charge is -2.26. The van der Waals surface area contributed by atoms with Gasteiger partial charge >= 0.3 is 5.97 Å². The summed E-state index contributed by atoms with van der Waals surface area (Å²) in [5, 5.41) is 11.7. The number of carbonyl (C=O) groups is 2. The molecule has 9 heteroatoms. The zero-order valence-corrected chi connectivity index (χ0v) is 18.9. The Balaban J connectivity index is 0.000000764. The number of rotatable bonds is 1. The number of amides is 1. The zero-order valence-electron chi connectivity index (χ0n) is 18.9. The number of hydrogen-bond acceptors (Lipinski definition) is 6. The van der Waals surface area contributed by atoms with E-state index in [9.17, 15) is 19.1 Å². The van der Waals surface area contributed by atoms with Gasteiger partial charge in [0.05, 0.1) is 41.0 Å². The van der Waals surface area contributed by atoms with Crippen LogP contribution in [0.3, 0.4) is 0 Å². The Morgan fingerprint density at radius 1 is 1.29 bits per heavy atom. The molecule has 3 N–H and O–H groups in total. The molecule has 1 aromatic carbocycles. The van der Waals surface area contributed by atoms with Crippen LogP contribution in [0.5, 0.6) is 0 Å². The third-order valence-electron chi connectivity index (χ3n) is 7.17. The van der Waals surface area contributed by atoms with Gasteiger partial charge in [0.25, 0.3) is 5.56 Å². The van der Waals surface area contributed by atoms with Crippen molar-refractivity contribution in [1.29, 1.82) is 0 Å². The fourth-order valence-electron chi connectivity index (χ4n) is 5.55. The second kappa shape index (κ2) is 8.02.